The Morgan fingerprint density at radius 2 is 2.07 bits per heavy atom. The zero-order chi connectivity index (χ0) is 11.1. The van der Waals surface area contributed by atoms with Gasteiger partial charge in [-0.05, 0) is 6.08 Å². The third kappa shape index (κ3) is 4.70. The van der Waals surface area contributed by atoms with Gasteiger partial charge < -0.3 is 20.6 Å². The van der Waals surface area contributed by atoms with Crippen LogP contribution in [0.4, 0.5) is 0 Å². The second kappa shape index (κ2) is 6.25. The van der Waals surface area contributed by atoms with Gasteiger partial charge in [0.2, 0.25) is 5.91 Å². The van der Waals surface area contributed by atoms with Crippen LogP contribution in [0.2, 0.25) is 0 Å². The molecule has 2 atom stereocenters. The number of rotatable bonds is 5. The van der Waals surface area contributed by atoms with Crippen molar-refractivity contribution in [3.63, 3.8) is 0 Å². The summed E-state index contributed by atoms with van der Waals surface area (Å²) < 4.78 is 0. The second-order valence-corrected chi connectivity index (χ2v) is 2.66. The van der Waals surface area contributed by atoms with E-state index in [1.54, 1.807) is 0 Å². The topological polar surface area (TPSA) is 107 Å². The van der Waals surface area contributed by atoms with E-state index in [-0.39, 0.29) is 5.70 Å². The molecule has 0 saturated carbocycles. The molecule has 0 bridgehead atoms. The predicted octanol–water partition coefficient (Wildman–Crippen LogP) is -2.08. The Morgan fingerprint density at radius 1 is 1.50 bits per heavy atom. The number of hydrogen-bond acceptors (Lipinski definition) is 5. The molecule has 1 amide bonds. The Bertz CT molecular complexity index is 238. The van der Waals surface area contributed by atoms with Gasteiger partial charge in [-0.1, -0.05) is 0 Å². The third-order valence-electron chi connectivity index (χ3n) is 1.38. The normalized spacial score (nSPS) is 15.9. The number of allylic oxidation sites excluding steroid dienone is 1. The lowest BCUT2D eigenvalue weighted by Gasteiger charge is -2.12. The van der Waals surface area contributed by atoms with E-state index >= 15 is 0 Å². The lowest BCUT2D eigenvalue weighted by molar-refractivity contribution is -0.119. The maximum atomic E-state index is 10.5. The highest BCUT2D eigenvalue weighted by Crippen LogP contribution is 1.97. The fourth-order valence-corrected chi connectivity index (χ4v) is 0.717. The first-order valence-corrected chi connectivity index (χ1v) is 3.92. The fourth-order valence-electron chi connectivity index (χ4n) is 0.717. The van der Waals surface area contributed by atoms with Crippen molar-refractivity contribution in [3.05, 3.63) is 11.8 Å². The van der Waals surface area contributed by atoms with E-state index in [1.165, 1.54) is 6.92 Å². The molecule has 80 valence electrons. The van der Waals surface area contributed by atoms with Crippen LogP contribution in [0.3, 0.4) is 0 Å². The van der Waals surface area contributed by atoms with Crippen molar-refractivity contribution in [2.45, 2.75) is 19.1 Å². The van der Waals surface area contributed by atoms with Crippen LogP contribution in [0.15, 0.2) is 11.8 Å². The Labute approximate surface area is 80.9 Å². The molecule has 0 heterocycles. The summed E-state index contributed by atoms with van der Waals surface area (Å²) >= 11 is 0. The zero-order valence-corrected chi connectivity index (χ0v) is 7.67. The molecule has 0 fully saturated rings. The van der Waals surface area contributed by atoms with Gasteiger partial charge in [-0.15, -0.1) is 0 Å². The van der Waals surface area contributed by atoms with Crippen molar-refractivity contribution >= 4 is 12.2 Å². The molecule has 0 aliphatic heterocycles. The highest BCUT2D eigenvalue weighted by atomic mass is 16.4. The van der Waals surface area contributed by atoms with E-state index in [1.807, 2.05) is 0 Å². The molecule has 0 aliphatic rings. The van der Waals surface area contributed by atoms with E-state index in [4.69, 9.17) is 15.3 Å². The first-order chi connectivity index (χ1) is 6.51. The minimum Gasteiger partial charge on any atom is -0.394 e. The third-order valence-corrected chi connectivity index (χ3v) is 1.38. The predicted molar refractivity (Wildman–Crippen MR) is 47.1 cm³/mol. The monoisotopic (exact) mass is 203 g/mol. The SMILES string of the molecule is CC(=O)NC(C=O)=C[C@H](O)[C@H](O)CO. The minimum atomic E-state index is -1.40. The maximum Gasteiger partial charge on any atom is 0.221 e. The Hall–Kier alpha value is -1.24. The summed E-state index contributed by atoms with van der Waals surface area (Å²) in [5, 5.41) is 28.7. The van der Waals surface area contributed by atoms with Crippen molar-refractivity contribution in [1.82, 2.24) is 5.32 Å². The smallest absolute Gasteiger partial charge is 0.221 e. The summed E-state index contributed by atoms with van der Waals surface area (Å²) in [6.07, 6.45) is -1.49. The van der Waals surface area contributed by atoms with E-state index in [2.05, 4.69) is 5.32 Å². The highest BCUT2D eigenvalue weighted by molar-refractivity contribution is 5.84. The fraction of sp³-hybridized carbons (Fsp3) is 0.500. The maximum absolute atomic E-state index is 10.5. The van der Waals surface area contributed by atoms with Crippen molar-refractivity contribution < 1.29 is 24.9 Å². The average molecular weight is 203 g/mol. The van der Waals surface area contributed by atoms with Gasteiger partial charge >= 0.3 is 0 Å². The van der Waals surface area contributed by atoms with E-state index in [9.17, 15) is 9.59 Å². The quantitative estimate of drug-likeness (QED) is 0.303. The van der Waals surface area contributed by atoms with Gasteiger partial charge in [0.1, 0.15) is 12.2 Å². The summed E-state index contributed by atoms with van der Waals surface area (Å²) in [6, 6.07) is 0. The van der Waals surface area contributed by atoms with Crippen molar-refractivity contribution in [2.75, 3.05) is 6.61 Å². The lowest BCUT2D eigenvalue weighted by Crippen LogP contribution is -2.30. The molecule has 0 spiro atoms. The first-order valence-electron chi connectivity index (χ1n) is 3.92. The molecular weight excluding hydrogens is 190 g/mol. The van der Waals surface area contributed by atoms with Crippen LogP contribution < -0.4 is 5.32 Å². The summed E-state index contributed by atoms with van der Waals surface area (Å²) in [7, 11) is 0. The summed E-state index contributed by atoms with van der Waals surface area (Å²) in [6.45, 7) is 0.566. The molecule has 0 radical (unpaired) electrons. The molecule has 6 heteroatoms. The summed E-state index contributed by atoms with van der Waals surface area (Å²) in [5.74, 6) is -0.464. The van der Waals surface area contributed by atoms with E-state index in [0.29, 0.717) is 6.29 Å². The Morgan fingerprint density at radius 3 is 2.43 bits per heavy atom. The largest absolute Gasteiger partial charge is 0.394 e. The number of amides is 1. The van der Waals surface area contributed by atoms with Gasteiger partial charge in [-0.25, -0.2) is 0 Å². The number of aliphatic hydroxyl groups is 3. The zero-order valence-electron chi connectivity index (χ0n) is 7.67. The van der Waals surface area contributed by atoms with Crippen LogP contribution in [0.25, 0.3) is 0 Å². The molecule has 0 saturated heterocycles. The van der Waals surface area contributed by atoms with Crippen molar-refractivity contribution in [3.8, 4) is 0 Å². The van der Waals surface area contributed by atoms with E-state index < -0.39 is 24.7 Å². The first kappa shape index (κ1) is 12.8. The molecule has 0 unspecified atom stereocenters. The van der Waals surface area contributed by atoms with Gasteiger partial charge in [0, 0.05) is 6.92 Å². The number of hydrogen-bond donors (Lipinski definition) is 4. The molecule has 0 aromatic heterocycles. The van der Waals surface area contributed by atoms with Crippen LogP contribution in [-0.2, 0) is 9.59 Å². The highest BCUT2D eigenvalue weighted by Gasteiger charge is 2.13. The number of aliphatic hydroxyl groups excluding tert-OH is 3. The molecule has 4 N–H and O–H groups in total. The minimum absolute atomic E-state index is 0.155. The molecule has 0 aliphatic carbocycles. The van der Waals surface area contributed by atoms with Gasteiger partial charge in [-0.3, -0.25) is 9.59 Å². The number of nitrogens with one attached hydrogen (secondary N) is 1. The number of aldehydes is 1. The standard InChI is InChI=1S/C8H13NO5/c1-5(12)9-6(3-10)2-7(13)8(14)4-11/h2-3,7-8,11,13-14H,4H2,1H3,(H,9,12)/t7-,8+/m0/s1. The molecule has 0 aromatic carbocycles. The molecule has 0 rings (SSSR count). The van der Waals surface area contributed by atoms with Crippen LogP contribution >= 0.6 is 0 Å². The van der Waals surface area contributed by atoms with E-state index in [0.717, 1.165) is 6.08 Å². The van der Waals surface area contributed by atoms with Gasteiger partial charge in [0.25, 0.3) is 0 Å². The molecule has 14 heavy (non-hydrogen) atoms. The van der Waals surface area contributed by atoms with Crippen LogP contribution in [0, 0.1) is 0 Å². The number of carbonyl (C=O) groups excluding carboxylic acids is 2. The van der Waals surface area contributed by atoms with Gasteiger partial charge in [0.15, 0.2) is 6.29 Å². The molecule has 0 aromatic rings. The Kier molecular flexibility index (Phi) is 5.70. The van der Waals surface area contributed by atoms with Crippen LogP contribution in [0.5, 0.6) is 0 Å². The summed E-state index contributed by atoms with van der Waals surface area (Å²) in [5.41, 5.74) is -0.155. The molecular formula is C8H13NO5. The molecule has 6 nitrogen and oxygen atoms in total. The average Bonchev–Trinajstić information content (AvgIpc) is 2.14. The summed E-state index contributed by atoms with van der Waals surface area (Å²) in [4.78, 5) is 20.9. The Balaban J connectivity index is 4.42. The van der Waals surface area contributed by atoms with Crippen molar-refractivity contribution in [1.29, 1.82) is 0 Å². The van der Waals surface area contributed by atoms with Crippen LogP contribution in [0.1, 0.15) is 6.92 Å². The van der Waals surface area contributed by atoms with Gasteiger partial charge in [-0.2, -0.15) is 0 Å². The van der Waals surface area contributed by atoms with Crippen LogP contribution in [-0.4, -0.2) is 46.3 Å². The number of carbonyl (C=O) groups is 2. The van der Waals surface area contributed by atoms with Crippen molar-refractivity contribution in [2.24, 2.45) is 0 Å². The lowest BCUT2D eigenvalue weighted by atomic mass is 10.2. The second-order valence-electron chi connectivity index (χ2n) is 2.66. The van der Waals surface area contributed by atoms with Gasteiger partial charge in [0.05, 0.1) is 12.3 Å².